The largest absolute Gasteiger partial charge is 0.356 e. The lowest BCUT2D eigenvalue weighted by molar-refractivity contribution is -0.127. The van der Waals surface area contributed by atoms with Crippen LogP contribution in [0.15, 0.2) is 43.1 Å². The van der Waals surface area contributed by atoms with Crippen LogP contribution >= 0.6 is 0 Å². The Morgan fingerprint density at radius 1 is 1.16 bits per heavy atom. The van der Waals surface area contributed by atoms with E-state index in [-0.39, 0.29) is 11.8 Å². The number of aromatic nitrogens is 4. The van der Waals surface area contributed by atoms with E-state index >= 15 is 0 Å². The molecule has 1 unspecified atom stereocenters. The van der Waals surface area contributed by atoms with Crippen molar-refractivity contribution in [3.05, 3.63) is 48.7 Å². The average Bonchev–Trinajstić information content (AvgIpc) is 3.32. The van der Waals surface area contributed by atoms with Crippen LogP contribution in [0.25, 0.3) is 11.0 Å². The number of anilines is 1. The summed E-state index contributed by atoms with van der Waals surface area (Å²) in [4.78, 5) is 33.8. The first-order valence-corrected chi connectivity index (χ1v) is 11.2. The van der Waals surface area contributed by atoms with Gasteiger partial charge in [-0.1, -0.05) is 6.07 Å². The van der Waals surface area contributed by atoms with Gasteiger partial charge in [0, 0.05) is 50.8 Å². The maximum atomic E-state index is 12.8. The third-order valence-electron chi connectivity index (χ3n) is 6.63. The Kier molecular flexibility index (Phi) is 5.80. The second-order valence-corrected chi connectivity index (χ2v) is 8.57. The second-order valence-electron chi connectivity index (χ2n) is 8.57. The number of piperidine rings is 2. The number of hydrogen-bond donors (Lipinski definition) is 2. The van der Waals surface area contributed by atoms with Crippen LogP contribution in [-0.2, 0) is 11.3 Å². The average molecular weight is 420 g/mol. The molecule has 31 heavy (non-hydrogen) atoms. The molecule has 2 aliphatic heterocycles. The molecule has 1 amide bonds. The standard InChI is InChI=1S/C23H29N7O/c31-23(26-14-17-3-1-8-24-13-17)18-4-2-10-30(15-18)19-6-11-29(12-7-19)22-20-5-9-25-21(20)27-16-28-22/h1,3,5,8-9,13,16,18-19H,2,4,6-7,10-12,14-15H2,(H,26,31)(H,25,27,28). The number of fused-ring (bicyclic) bond motifs is 1. The fraction of sp³-hybridized carbons (Fsp3) is 0.478. The van der Waals surface area contributed by atoms with Crippen LogP contribution < -0.4 is 10.2 Å². The molecule has 0 aliphatic carbocycles. The Labute approximate surface area is 182 Å². The summed E-state index contributed by atoms with van der Waals surface area (Å²) in [7, 11) is 0. The Hall–Kier alpha value is -3.00. The van der Waals surface area contributed by atoms with Gasteiger partial charge in [-0.3, -0.25) is 14.7 Å². The molecule has 1 atom stereocenters. The minimum Gasteiger partial charge on any atom is -0.356 e. The summed E-state index contributed by atoms with van der Waals surface area (Å²) in [5.41, 5.74) is 1.93. The van der Waals surface area contributed by atoms with E-state index in [4.69, 9.17) is 0 Å². The zero-order chi connectivity index (χ0) is 21.0. The van der Waals surface area contributed by atoms with Crippen molar-refractivity contribution in [2.75, 3.05) is 31.1 Å². The van der Waals surface area contributed by atoms with Crippen LogP contribution in [-0.4, -0.2) is 63.0 Å². The van der Waals surface area contributed by atoms with Crippen LogP contribution in [0, 0.1) is 5.92 Å². The molecule has 5 heterocycles. The number of H-pyrrole nitrogens is 1. The predicted molar refractivity (Wildman–Crippen MR) is 120 cm³/mol. The third kappa shape index (κ3) is 4.39. The monoisotopic (exact) mass is 419 g/mol. The van der Waals surface area contributed by atoms with Gasteiger partial charge in [-0.05, 0) is 49.9 Å². The van der Waals surface area contributed by atoms with Crippen LogP contribution in [0.3, 0.4) is 0 Å². The van der Waals surface area contributed by atoms with Crippen LogP contribution in [0.2, 0.25) is 0 Å². The number of nitrogens with zero attached hydrogens (tertiary/aromatic N) is 5. The summed E-state index contributed by atoms with van der Waals surface area (Å²) in [6, 6.07) is 6.48. The van der Waals surface area contributed by atoms with Gasteiger partial charge < -0.3 is 15.2 Å². The van der Waals surface area contributed by atoms with Crippen molar-refractivity contribution in [3.8, 4) is 0 Å². The fourth-order valence-electron chi connectivity index (χ4n) is 4.94. The maximum absolute atomic E-state index is 12.8. The molecular weight excluding hydrogens is 390 g/mol. The lowest BCUT2D eigenvalue weighted by atomic mass is 9.93. The van der Waals surface area contributed by atoms with E-state index in [0.717, 1.165) is 74.3 Å². The van der Waals surface area contributed by atoms with Crippen molar-refractivity contribution in [2.24, 2.45) is 5.92 Å². The number of aromatic amines is 1. The molecule has 0 aromatic carbocycles. The second kappa shape index (κ2) is 9.01. The minimum atomic E-state index is 0.0739. The quantitative estimate of drug-likeness (QED) is 0.660. The molecule has 2 aliphatic rings. The first-order valence-electron chi connectivity index (χ1n) is 11.2. The summed E-state index contributed by atoms with van der Waals surface area (Å²) in [6.45, 7) is 4.46. The van der Waals surface area contributed by atoms with E-state index in [1.165, 1.54) is 0 Å². The van der Waals surface area contributed by atoms with Gasteiger partial charge in [-0.25, -0.2) is 9.97 Å². The van der Waals surface area contributed by atoms with E-state index in [9.17, 15) is 4.79 Å². The number of carbonyl (C=O) groups excluding carboxylic acids is 1. The van der Waals surface area contributed by atoms with Crippen molar-refractivity contribution < 1.29 is 4.79 Å². The Balaban J connectivity index is 1.15. The summed E-state index contributed by atoms with van der Waals surface area (Å²) < 4.78 is 0. The molecule has 5 rings (SSSR count). The highest BCUT2D eigenvalue weighted by Crippen LogP contribution is 2.28. The van der Waals surface area contributed by atoms with E-state index in [1.54, 1.807) is 18.7 Å². The van der Waals surface area contributed by atoms with Gasteiger partial charge >= 0.3 is 0 Å². The van der Waals surface area contributed by atoms with Crippen molar-refractivity contribution in [1.29, 1.82) is 0 Å². The zero-order valence-corrected chi connectivity index (χ0v) is 17.7. The smallest absolute Gasteiger partial charge is 0.224 e. The Bertz CT molecular complexity index is 1010. The molecule has 8 heteroatoms. The molecule has 2 N–H and O–H groups in total. The van der Waals surface area contributed by atoms with E-state index in [1.807, 2.05) is 18.3 Å². The summed E-state index contributed by atoms with van der Waals surface area (Å²) in [6.07, 6.45) is 11.4. The fourth-order valence-corrected chi connectivity index (χ4v) is 4.94. The Morgan fingerprint density at radius 3 is 2.90 bits per heavy atom. The summed E-state index contributed by atoms with van der Waals surface area (Å²) in [5.74, 6) is 1.27. The highest BCUT2D eigenvalue weighted by Gasteiger charge is 2.32. The minimum absolute atomic E-state index is 0.0739. The van der Waals surface area contributed by atoms with Gasteiger partial charge in [-0.15, -0.1) is 0 Å². The molecule has 2 saturated heterocycles. The molecule has 3 aromatic rings. The van der Waals surface area contributed by atoms with Gasteiger partial charge in [0.1, 0.15) is 17.8 Å². The SMILES string of the molecule is O=C(NCc1cccnc1)C1CCCN(C2CCN(c3ncnc4[nH]ccc34)CC2)C1. The lowest BCUT2D eigenvalue weighted by Crippen LogP contribution is -2.51. The van der Waals surface area contributed by atoms with Crippen molar-refractivity contribution >= 4 is 22.8 Å². The van der Waals surface area contributed by atoms with E-state index < -0.39 is 0 Å². The first-order chi connectivity index (χ1) is 15.3. The lowest BCUT2D eigenvalue weighted by Gasteiger charge is -2.42. The van der Waals surface area contributed by atoms with Crippen LogP contribution in [0.4, 0.5) is 5.82 Å². The van der Waals surface area contributed by atoms with E-state index in [0.29, 0.717) is 12.6 Å². The molecule has 3 aromatic heterocycles. The van der Waals surface area contributed by atoms with Gasteiger partial charge in [0.25, 0.3) is 0 Å². The maximum Gasteiger partial charge on any atom is 0.224 e. The highest BCUT2D eigenvalue weighted by molar-refractivity contribution is 5.87. The molecule has 0 radical (unpaired) electrons. The van der Waals surface area contributed by atoms with Crippen molar-refractivity contribution in [3.63, 3.8) is 0 Å². The van der Waals surface area contributed by atoms with Gasteiger partial charge in [-0.2, -0.15) is 0 Å². The molecular formula is C23H29N7O. The number of nitrogens with one attached hydrogen (secondary N) is 2. The number of pyridine rings is 1. The topological polar surface area (TPSA) is 90.0 Å². The Morgan fingerprint density at radius 2 is 2.06 bits per heavy atom. The van der Waals surface area contributed by atoms with Crippen molar-refractivity contribution in [2.45, 2.75) is 38.3 Å². The first kappa shape index (κ1) is 19.9. The molecule has 0 spiro atoms. The van der Waals surface area contributed by atoms with Gasteiger partial charge in [0.05, 0.1) is 11.3 Å². The molecule has 0 saturated carbocycles. The molecule has 8 nitrogen and oxygen atoms in total. The van der Waals surface area contributed by atoms with Crippen molar-refractivity contribution in [1.82, 2.24) is 30.2 Å². The summed E-state index contributed by atoms with van der Waals surface area (Å²) >= 11 is 0. The number of rotatable bonds is 5. The van der Waals surface area contributed by atoms with Gasteiger partial charge in [0.2, 0.25) is 5.91 Å². The predicted octanol–water partition coefficient (Wildman–Crippen LogP) is 2.35. The highest BCUT2D eigenvalue weighted by atomic mass is 16.1. The van der Waals surface area contributed by atoms with Gasteiger partial charge in [0.15, 0.2) is 0 Å². The molecule has 2 fully saturated rings. The third-order valence-corrected chi connectivity index (χ3v) is 6.63. The van der Waals surface area contributed by atoms with Crippen LogP contribution in [0.5, 0.6) is 0 Å². The summed E-state index contributed by atoms with van der Waals surface area (Å²) in [5, 5.41) is 4.19. The number of hydrogen-bond acceptors (Lipinski definition) is 6. The zero-order valence-electron chi connectivity index (χ0n) is 17.7. The van der Waals surface area contributed by atoms with Crippen LogP contribution in [0.1, 0.15) is 31.2 Å². The number of likely N-dealkylation sites (tertiary alicyclic amines) is 1. The van der Waals surface area contributed by atoms with E-state index in [2.05, 4.69) is 41.1 Å². The molecule has 0 bridgehead atoms. The normalized spacial score (nSPS) is 20.8. The molecule has 162 valence electrons. The number of carbonyl (C=O) groups is 1. The number of amides is 1.